The van der Waals surface area contributed by atoms with E-state index >= 15 is 0 Å². The summed E-state index contributed by atoms with van der Waals surface area (Å²) in [5, 5.41) is 15.5. The Balaban J connectivity index is 1.43. The third kappa shape index (κ3) is 5.98. The van der Waals surface area contributed by atoms with E-state index in [0.29, 0.717) is 6.54 Å². The Kier molecular flexibility index (Phi) is 8.13. The number of hydrogen-bond acceptors (Lipinski definition) is 6. The number of amides is 1. The number of ketones is 1. The van der Waals surface area contributed by atoms with Crippen LogP contribution in [-0.2, 0) is 27.4 Å². The summed E-state index contributed by atoms with van der Waals surface area (Å²) in [6.07, 6.45) is -0.533. The molecule has 0 fully saturated rings. The second-order valence-electron chi connectivity index (χ2n) is 8.93. The van der Waals surface area contributed by atoms with Crippen LogP contribution in [0.5, 0.6) is 0 Å². The number of aliphatic imine (C=N–C) groups is 1. The van der Waals surface area contributed by atoms with E-state index < -0.39 is 18.0 Å². The highest BCUT2D eigenvalue weighted by atomic mass is 16.6. The first-order valence-electron chi connectivity index (χ1n) is 12.1. The van der Waals surface area contributed by atoms with Gasteiger partial charge in [-0.25, -0.2) is 0 Å². The van der Waals surface area contributed by atoms with Crippen LogP contribution >= 0.6 is 0 Å². The fraction of sp³-hybridized carbons (Fsp3) is 0.276. The topological polar surface area (TPSA) is 117 Å². The standard InChI is InChI=1S/C29H31N3O4/c1-19(33)10-15-27(28(34)31-17-21-13-11-20(16-30)12-14-21)32-29(35)36-18-26-24-8-4-2-6-22(24)23-7-3-5-9-25(23)26/h2-9,11-14,26-27H,10,15-18,30H2,1H3,(H,31,34)(H,32,35)/p-1/t27-/m0/s1. The number of carbonyl (C=O) groups is 2. The summed E-state index contributed by atoms with van der Waals surface area (Å²) >= 11 is 0. The summed E-state index contributed by atoms with van der Waals surface area (Å²) in [5.74, 6) is -0.599. The molecular weight excluding hydrogens is 454 g/mol. The van der Waals surface area contributed by atoms with Crippen molar-refractivity contribution in [2.24, 2.45) is 10.7 Å². The summed E-state index contributed by atoms with van der Waals surface area (Å²) in [6, 6.07) is 22.7. The molecule has 7 heteroatoms. The van der Waals surface area contributed by atoms with Gasteiger partial charge < -0.3 is 25.7 Å². The number of nitrogens with zero attached hydrogens (tertiary/aromatic N) is 1. The van der Waals surface area contributed by atoms with Gasteiger partial charge in [0.15, 0.2) is 0 Å². The maximum atomic E-state index is 12.8. The average Bonchev–Trinajstić information content (AvgIpc) is 3.22. The van der Waals surface area contributed by atoms with Gasteiger partial charge >= 0.3 is 0 Å². The van der Waals surface area contributed by atoms with Gasteiger partial charge in [-0.1, -0.05) is 72.8 Å². The molecule has 0 aromatic heterocycles. The molecule has 3 aromatic carbocycles. The minimum Gasteiger partial charge on any atom is -0.599 e. The van der Waals surface area contributed by atoms with Crippen LogP contribution in [0.3, 0.4) is 0 Å². The predicted molar refractivity (Wildman–Crippen MR) is 137 cm³/mol. The lowest BCUT2D eigenvalue weighted by Gasteiger charge is -2.22. The second kappa shape index (κ2) is 11.6. The van der Waals surface area contributed by atoms with Crippen molar-refractivity contribution in [2.45, 2.75) is 44.8 Å². The van der Waals surface area contributed by atoms with Crippen molar-refractivity contribution >= 4 is 17.8 Å². The maximum Gasteiger partial charge on any atom is 0.245 e. The summed E-state index contributed by atoms with van der Waals surface area (Å²) in [7, 11) is 0. The Morgan fingerprint density at radius 3 is 2.14 bits per heavy atom. The van der Waals surface area contributed by atoms with Crippen LogP contribution < -0.4 is 16.2 Å². The van der Waals surface area contributed by atoms with Crippen LogP contribution in [0.15, 0.2) is 77.8 Å². The van der Waals surface area contributed by atoms with E-state index in [2.05, 4.69) is 22.4 Å². The smallest absolute Gasteiger partial charge is 0.245 e. The fourth-order valence-corrected chi connectivity index (χ4v) is 4.45. The van der Waals surface area contributed by atoms with Crippen LogP contribution in [0.2, 0.25) is 0 Å². The molecule has 1 aliphatic carbocycles. The minimum atomic E-state index is -1.01. The predicted octanol–water partition coefficient (Wildman–Crippen LogP) is 3.04. The first-order valence-corrected chi connectivity index (χ1v) is 12.1. The highest BCUT2D eigenvalue weighted by molar-refractivity contribution is 5.85. The Morgan fingerprint density at radius 2 is 1.56 bits per heavy atom. The monoisotopic (exact) mass is 484 g/mol. The molecule has 0 spiro atoms. The third-order valence-corrected chi connectivity index (χ3v) is 6.40. The van der Waals surface area contributed by atoms with Crippen molar-refractivity contribution in [2.75, 3.05) is 6.61 Å². The molecule has 3 N–H and O–H groups in total. The van der Waals surface area contributed by atoms with Gasteiger partial charge in [0.2, 0.25) is 5.91 Å². The van der Waals surface area contributed by atoms with E-state index in [0.717, 1.165) is 33.4 Å². The molecule has 7 nitrogen and oxygen atoms in total. The van der Waals surface area contributed by atoms with Gasteiger partial charge in [0.1, 0.15) is 17.9 Å². The largest absolute Gasteiger partial charge is 0.599 e. The summed E-state index contributed by atoms with van der Waals surface area (Å²) in [5.41, 5.74) is 12.0. The molecule has 1 atom stereocenters. The van der Waals surface area contributed by atoms with Crippen LogP contribution in [-0.4, -0.2) is 30.4 Å². The molecule has 0 bridgehead atoms. The van der Waals surface area contributed by atoms with E-state index in [9.17, 15) is 14.7 Å². The normalized spacial score (nSPS) is 13.6. The lowest BCUT2D eigenvalue weighted by atomic mass is 9.98. The van der Waals surface area contributed by atoms with E-state index in [-0.39, 0.29) is 37.7 Å². The maximum absolute atomic E-state index is 12.8. The second-order valence-corrected chi connectivity index (χ2v) is 8.93. The molecule has 1 amide bonds. The Hall–Kier alpha value is -3.97. The number of carbonyl (C=O) groups excluding carboxylic acids is 2. The summed E-state index contributed by atoms with van der Waals surface area (Å²) < 4.78 is 5.53. The zero-order valence-corrected chi connectivity index (χ0v) is 20.3. The zero-order valence-electron chi connectivity index (χ0n) is 20.3. The first kappa shape index (κ1) is 25.1. The van der Waals surface area contributed by atoms with E-state index in [1.165, 1.54) is 6.92 Å². The molecule has 0 saturated heterocycles. The van der Waals surface area contributed by atoms with Gasteiger partial charge in [-0.3, -0.25) is 9.79 Å². The molecule has 4 rings (SSSR count). The Bertz CT molecular complexity index is 1210. The fourth-order valence-electron chi connectivity index (χ4n) is 4.45. The van der Waals surface area contributed by atoms with Crippen molar-refractivity contribution in [3.63, 3.8) is 0 Å². The molecule has 3 aromatic rings. The molecule has 0 radical (unpaired) electrons. The molecule has 0 heterocycles. The van der Waals surface area contributed by atoms with Crippen LogP contribution in [0.4, 0.5) is 0 Å². The van der Waals surface area contributed by atoms with Crippen LogP contribution in [0.1, 0.15) is 47.9 Å². The Morgan fingerprint density at radius 1 is 0.972 bits per heavy atom. The van der Waals surface area contributed by atoms with E-state index in [1.807, 2.05) is 60.7 Å². The van der Waals surface area contributed by atoms with E-state index in [1.54, 1.807) is 0 Å². The molecule has 0 saturated carbocycles. The van der Waals surface area contributed by atoms with Gasteiger partial charge in [-0.05, 0) is 46.7 Å². The highest BCUT2D eigenvalue weighted by Gasteiger charge is 2.27. The minimum absolute atomic E-state index is 0.0760. The summed E-state index contributed by atoms with van der Waals surface area (Å²) in [6.45, 7) is 2.28. The number of fused-ring (bicyclic) bond motifs is 3. The van der Waals surface area contributed by atoms with E-state index in [4.69, 9.17) is 10.5 Å². The van der Waals surface area contributed by atoms with Gasteiger partial charge in [0.25, 0.3) is 0 Å². The van der Waals surface area contributed by atoms with Gasteiger partial charge in [-0.15, -0.1) is 0 Å². The van der Waals surface area contributed by atoms with Gasteiger partial charge in [0.05, 0.1) is 0 Å². The lowest BCUT2D eigenvalue weighted by molar-refractivity contribution is -0.251. The average molecular weight is 485 g/mol. The summed E-state index contributed by atoms with van der Waals surface area (Å²) in [4.78, 5) is 28.4. The number of nitrogens with two attached hydrogens (primary N) is 1. The number of benzene rings is 3. The number of nitrogens with one attached hydrogen (secondary N) is 1. The quantitative estimate of drug-likeness (QED) is 0.339. The highest BCUT2D eigenvalue weighted by Crippen LogP contribution is 2.44. The molecular formula is C29H30N3O4-. The zero-order chi connectivity index (χ0) is 25.5. The molecule has 0 unspecified atom stereocenters. The molecule has 0 aliphatic heterocycles. The number of hydrogen-bond donors (Lipinski definition) is 2. The van der Waals surface area contributed by atoms with Crippen molar-refractivity contribution in [1.82, 2.24) is 5.32 Å². The SMILES string of the molecule is CC(=O)CC[C@H](N=C([O-])OCC1c2ccccc2-c2ccccc21)C(=O)NCc1ccc(CN)cc1. The van der Waals surface area contributed by atoms with Gasteiger partial charge in [0, 0.05) is 32.0 Å². The number of Topliss-reactive ketones (excluding diaryl/α,β-unsaturated/α-hetero) is 1. The van der Waals surface area contributed by atoms with Gasteiger partial charge in [-0.2, -0.15) is 0 Å². The first-order chi connectivity index (χ1) is 17.5. The third-order valence-electron chi connectivity index (χ3n) is 6.40. The van der Waals surface area contributed by atoms with Crippen molar-refractivity contribution in [1.29, 1.82) is 0 Å². The van der Waals surface area contributed by atoms with Crippen LogP contribution in [0.25, 0.3) is 11.1 Å². The van der Waals surface area contributed by atoms with Crippen LogP contribution in [0, 0.1) is 0 Å². The van der Waals surface area contributed by atoms with Crippen molar-refractivity contribution in [3.05, 3.63) is 95.1 Å². The number of rotatable bonds is 10. The Labute approximate surface area is 211 Å². The lowest BCUT2D eigenvalue weighted by Crippen LogP contribution is -2.36. The van der Waals surface area contributed by atoms with Crippen molar-refractivity contribution < 1.29 is 19.4 Å². The molecule has 186 valence electrons. The molecule has 36 heavy (non-hydrogen) atoms. The number of ether oxygens (including phenoxy) is 1. The molecule has 1 aliphatic rings. The van der Waals surface area contributed by atoms with Crippen molar-refractivity contribution in [3.8, 4) is 11.1 Å².